The number of hydrogen-bond acceptors (Lipinski definition) is 4. The van der Waals surface area contributed by atoms with Crippen molar-refractivity contribution in [3.8, 4) is 0 Å². The van der Waals surface area contributed by atoms with Crippen LogP contribution in [0, 0.1) is 0 Å². The van der Waals surface area contributed by atoms with Crippen molar-refractivity contribution in [2.75, 3.05) is 27.2 Å². The Hall–Kier alpha value is -2.30. The molecule has 0 aliphatic carbocycles. The lowest BCUT2D eigenvalue weighted by molar-refractivity contribution is -0.137. The lowest BCUT2D eigenvalue weighted by atomic mass is 10.2. The first-order valence-corrected chi connectivity index (χ1v) is 5.76. The highest BCUT2D eigenvalue weighted by atomic mass is 16.5. The van der Waals surface area contributed by atoms with Gasteiger partial charge in [-0.1, -0.05) is 29.4 Å². The molecule has 0 N–H and O–H groups in total. The number of nitrogens with zero attached hydrogens (tertiary/aromatic N) is 4. The van der Waals surface area contributed by atoms with Crippen LogP contribution in [-0.4, -0.2) is 38.1 Å². The Morgan fingerprint density at radius 2 is 2.11 bits per heavy atom. The van der Waals surface area contributed by atoms with Gasteiger partial charge in [0.15, 0.2) is 0 Å². The Bertz CT molecular complexity index is 488. The topological polar surface area (TPSA) is 78.3 Å². The molecule has 1 aromatic rings. The fourth-order valence-electron chi connectivity index (χ4n) is 1.24. The van der Waals surface area contributed by atoms with Gasteiger partial charge >= 0.3 is 5.97 Å². The average Bonchev–Trinajstić information content (AvgIpc) is 2.38. The number of carbonyl (C=O) groups excluding carboxylic acids is 1. The summed E-state index contributed by atoms with van der Waals surface area (Å²) in [4.78, 5) is 16.0. The maximum Gasteiger partial charge on any atom is 0.330 e. The monoisotopic (exact) mass is 260 g/mol. The summed E-state index contributed by atoms with van der Waals surface area (Å²) in [5.74, 6) is -0.374. The van der Waals surface area contributed by atoms with Gasteiger partial charge in [0.1, 0.15) is 6.61 Å². The molecule has 1 aromatic carbocycles. The molecule has 0 fully saturated rings. The highest BCUT2D eigenvalue weighted by Crippen LogP contribution is 2.13. The molecule has 0 atom stereocenters. The van der Waals surface area contributed by atoms with Gasteiger partial charge in [-0.15, -0.1) is 0 Å². The molecule has 0 radical (unpaired) electrons. The van der Waals surface area contributed by atoms with Crippen molar-refractivity contribution in [1.82, 2.24) is 4.90 Å². The zero-order chi connectivity index (χ0) is 14.1. The maximum atomic E-state index is 11.4. The van der Waals surface area contributed by atoms with Gasteiger partial charge in [-0.3, -0.25) is 0 Å². The lowest BCUT2D eigenvalue weighted by Gasteiger charge is -2.08. The van der Waals surface area contributed by atoms with Crippen molar-refractivity contribution < 1.29 is 9.53 Å². The van der Waals surface area contributed by atoms with Gasteiger partial charge in [-0.05, 0) is 31.3 Å². The summed E-state index contributed by atoms with van der Waals surface area (Å²) >= 11 is 0. The number of rotatable bonds is 6. The predicted molar refractivity (Wildman–Crippen MR) is 73.8 cm³/mol. The largest absolute Gasteiger partial charge is 0.461 e. The van der Waals surface area contributed by atoms with E-state index in [1.807, 2.05) is 19.0 Å². The number of ether oxygens (including phenoxy) is 1. The molecule has 0 aliphatic rings. The minimum Gasteiger partial charge on any atom is -0.461 e. The molecule has 0 unspecified atom stereocenters. The molecule has 0 spiro atoms. The standard InChI is InChI=1S/C13H16N4O2/c1-17(2)9-10-19-13(18)8-5-11-3-6-12(7-4-11)15-16-14/h3-8H,9-10H2,1-2H3. The second-order valence-electron chi connectivity index (χ2n) is 4.09. The van der Waals surface area contributed by atoms with Crippen LogP contribution in [0.3, 0.4) is 0 Å². The summed E-state index contributed by atoms with van der Waals surface area (Å²) in [6, 6.07) is 6.87. The van der Waals surface area contributed by atoms with E-state index in [4.69, 9.17) is 10.3 Å². The summed E-state index contributed by atoms with van der Waals surface area (Å²) in [6.07, 6.45) is 3.02. The molecule has 100 valence electrons. The SMILES string of the molecule is CN(C)CCOC(=O)C=Cc1ccc(N=[N+]=[N-])cc1. The third-order valence-corrected chi connectivity index (χ3v) is 2.25. The van der Waals surface area contributed by atoms with Crippen LogP contribution >= 0.6 is 0 Å². The molecular formula is C13H16N4O2. The normalized spacial score (nSPS) is 10.5. The second-order valence-corrected chi connectivity index (χ2v) is 4.09. The summed E-state index contributed by atoms with van der Waals surface area (Å²) in [7, 11) is 3.82. The van der Waals surface area contributed by atoms with Crippen molar-refractivity contribution in [1.29, 1.82) is 0 Å². The Morgan fingerprint density at radius 3 is 2.68 bits per heavy atom. The molecule has 0 aliphatic heterocycles. The number of likely N-dealkylation sites (N-methyl/N-ethyl adjacent to an activating group) is 1. The van der Waals surface area contributed by atoms with Crippen LogP contribution in [0.2, 0.25) is 0 Å². The molecule has 0 saturated carbocycles. The van der Waals surface area contributed by atoms with Crippen molar-refractivity contribution in [3.63, 3.8) is 0 Å². The number of carbonyl (C=O) groups is 1. The smallest absolute Gasteiger partial charge is 0.330 e. The fraction of sp³-hybridized carbons (Fsp3) is 0.308. The van der Waals surface area contributed by atoms with E-state index in [1.165, 1.54) is 6.08 Å². The zero-order valence-electron chi connectivity index (χ0n) is 11.0. The molecule has 6 heteroatoms. The Labute approximate surface area is 111 Å². The summed E-state index contributed by atoms with van der Waals surface area (Å²) < 4.78 is 5.00. The van der Waals surface area contributed by atoms with Gasteiger partial charge in [0.2, 0.25) is 0 Å². The number of hydrogen-bond donors (Lipinski definition) is 0. The van der Waals surface area contributed by atoms with E-state index in [0.29, 0.717) is 18.8 Å². The first-order valence-electron chi connectivity index (χ1n) is 5.76. The van der Waals surface area contributed by atoms with E-state index in [0.717, 1.165) is 5.56 Å². The molecule has 1 rings (SSSR count). The average molecular weight is 260 g/mol. The summed E-state index contributed by atoms with van der Waals surface area (Å²) in [5, 5.41) is 3.46. The van der Waals surface area contributed by atoms with E-state index in [-0.39, 0.29) is 5.97 Å². The molecule has 0 heterocycles. The molecular weight excluding hydrogens is 244 g/mol. The van der Waals surface area contributed by atoms with Crippen LogP contribution in [0.15, 0.2) is 35.5 Å². The van der Waals surface area contributed by atoms with Crippen LogP contribution in [0.1, 0.15) is 5.56 Å². The minimum atomic E-state index is -0.374. The van der Waals surface area contributed by atoms with Gasteiger partial charge < -0.3 is 9.64 Å². The predicted octanol–water partition coefficient (Wildman–Crippen LogP) is 2.75. The van der Waals surface area contributed by atoms with Crippen molar-refractivity contribution in [2.45, 2.75) is 0 Å². The number of benzene rings is 1. The Balaban J connectivity index is 2.47. The van der Waals surface area contributed by atoms with Crippen LogP contribution < -0.4 is 0 Å². The van der Waals surface area contributed by atoms with E-state index in [9.17, 15) is 4.79 Å². The summed E-state index contributed by atoms with van der Waals surface area (Å²) in [6.45, 7) is 1.06. The molecule has 0 bridgehead atoms. The molecule has 0 amide bonds. The molecule has 6 nitrogen and oxygen atoms in total. The van der Waals surface area contributed by atoms with Crippen LogP contribution in [0.4, 0.5) is 5.69 Å². The van der Waals surface area contributed by atoms with Gasteiger partial charge in [-0.2, -0.15) is 0 Å². The number of azide groups is 1. The second kappa shape index (κ2) is 7.92. The van der Waals surface area contributed by atoms with E-state index < -0.39 is 0 Å². The van der Waals surface area contributed by atoms with Crippen LogP contribution in [0.5, 0.6) is 0 Å². The third kappa shape index (κ3) is 6.26. The fourth-order valence-corrected chi connectivity index (χ4v) is 1.24. The zero-order valence-corrected chi connectivity index (χ0v) is 11.0. The van der Waals surface area contributed by atoms with Crippen molar-refractivity contribution in [3.05, 3.63) is 46.3 Å². The molecule has 0 saturated heterocycles. The quantitative estimate of drug-likeness (QED) is 0.259. The van der Waals surface area contributed by atoms with Gasteiger partial charge in [0.05, 0.1) is 0 Å². The van der Waals surface area contributed by atoms with Crippen LogP contribution in [-0.2, 0) is 9.53 Å². The Kier molecular flexibility index (Phi) is 6.15. The van der Waals surface area contributed by atoms with Gasteiger partial charge in [-0.25, -0.2) is 4.79 Å². The van der Waals surface area contributed by atoms with Gasteiger partial charge in [0.25, 0.3) is 0 Å². The molecule has 19 heavy (non-hydrogen) atoms. The summed E-state index contributed by atoms with van der Waals surface area (Å²) in [5.41, 5.74) is 9.64. The Morgan fingerprint density at radius 1 is 1.42 bits per heavy atom. The van der Waals surface area contributed by atoms with Gasteiger partial charge in [0, 0.05) is 23.2 Å². The highest BCUT2D eigenvalue weighted by Gasteiger charge is 1.97. The first kappa shape index (κ1) is 14.8. The lowest BCUT2D eigenvalue weighted by Crippen LogP contribution is -2.19. The van der Waals surface area contributed by atoms with E-state index in [2.05, 4.69) is 10.0 Å². The van der Waals surface area contributed by atoms with E-state index >= 15 is 0 Å². The maximum absolute atomic E-state index is 11.4. The molecule has 0 aromatic heterocycles. The minimum absolute atomic E-state index is 0.367. The third-order valence-electron chi connectivity index (χ3n) is 2.25. The van der Waals surface area contributed by atoms with Crippen molar-refractivity contribution >= 4 is 17.7 Å². The van der Waals surface area contributed by atoms with Crippen LogP contribution in [0.25, 0.3) is 16.5 Å². The first-order chi connectivity index (χ1) is 9.11. The van der Waals surface area contributed by atoms with Crippen molar-refractivity contribution in [2.24, 2.45) is 5.11 Å². The highest BCUT2D eigenvalue weighted by molar-refractivity contribution is 5.87. The van der Waals surface area contributed by atoms with E-state index in [1.54, 1.807) is 30.3 Å². The number of esters is 1.